The second-order valence-corrected chi connectivity index (χ2v) is 6.03. The van der Waals surface area contributed by atoms with Gasteiger partial charge in [0.15, 0.2) is 11.6 Å². The molecule has 27 heavy (non-hydrogen) atoms. The van der Waals surface area contributed by atoms with Crippen molar-refractivity contribution in [1.82, 2.24) is 0 Å². The van der Waals surface area contributed by atoms with E-state index in [9.17, 15) is 9.59 Å². The number of hydrogen-bond acceptors (Lipinski definition) is 4. The van der Waals surface area contributed by atoms with Crippen LogP contribution in [0.2, 0.25) is 0 Å². The molecule has 0 unspecified atom stereocenters. The molecule has 0 spiro atoms. The predicted octanol–water partition coefficient (Wildman–Crippen LogP) is 4.55. The molecule has 0 saturated heterocycles. The molecule has 0 fully saturated rings. The third kappa shape index (κ3) is 4.06. The third-order valence-electron chi connectivity index (χ3n) is 4.41. The molecule has 3 aromatic rings. The van der Waals surface area contributed by atoms with Gasteiger partial charge in [0.2, 0.25) is 0 Å². The fraction of sp³-hybridized carbons (Fsp3) is 0.130. The molecular weight excluding hydrogens is 340 g/mol. The van der Waals surface area contributed by atoms with Crippen LogP contribution in [0.1, 0.15) is 32.2 Å². The fourth-order valence-corrected chi connectivity index (χ4v) is 2.91. The first-order chi connectivity index (χ1) is 13.1. The molecule has 0 aliphatic carbocycles. The van der Waals surface area contributed by atoms with E-state index in [4.69, 9.17) is 9.47 Å². The number of Topliss-reactive ketones (excluding diaryl/α,β-unsaturated/α-hetero) is 2. The van der Waals surface area contributed by atoms with Crippen LogP contribution in [0.25, 0.3) is 0 Å². The van der Waals surface area contributed by atoms with Crippen molar-refractivity contribution in [3.8, 4) is 11.5 Å². The van der Waals surface area contributed by atoms with Crippen molar-refractivity contribution in [3.63, 3.8) is 0 Å². The van der Waals surface area contributed by atoms with Crippen LogP contribution < -0.4 is 9.47 Å². The number of methoxy groups -OCH3 is 2. The van der Waals surface area contributed by atoms with Gasteiger partial charge in [-0.25, -0.2) is 0 Å². The highest BCUT2D eigenvalue weighted by molar-refractivity contribution is 6.20. The van der Waals surface area contributed by atoms with Crippen LogP contribution in [0.5, 0.6) is 11.5 Å². The van der Waals surface area contributed by atoms with Gasteiger partial charge in [-0.1, -0.05) is 30.3 Å². The Morgan fingerprint density at radius 1 is 0.630 bits per heavy atom. The number of carbonyl (C=O) groups is 2. The average Bonchev–Trinajstić information content (AvgIpc) is 2.74. The lowest BCUT2D eigenvalue weighted by molar-refractivity contribution is 0.0860. The minimum Gasteiger partial charge on any atom is -0.497 e. The van der Waals surface area contributed by atoms with Crippen molar-refractivity contribution in [2.24, 2.45) is 0 Å². The van der Waals surface area contributed by atoms with Gasteiger partial charge < -0.3 is 9.47 Å². The molecule has 0 aromatic heterocycles. The van der Waals surface area contributed by atoms with Gasteiger partial charge in [0.05, 0.1) is 14.2 Å². The van der Waals surface area contributed by atoms with Gasteiger partial charge in [0, 0.05) is 11.1 Å². The largest absolute Gasteiger partial charge is 0.497 e. The SMILES string of the molecule is COc1ccc(C(=O)C(C(=O)c2ccc(OC)cc2)c2ccccc2)cc1. The van der Waals surface area contributed by atoms with Gasteiger partial charge in [0.1, 0.15) is 17.4 Å². The number of rotatable bonds is 7. The number of hydrogen-bond donors (Lipinski definition) is 0. The average molecular weight is 360 g/mol. The quantitative estimate of drug-likeness (QED) is 0.458. The molecule has 0 radical (unpaired) electrons. The highest BCUT2D eigenvalue weighted by Crippen LogP contribution is 2.27. The van der Waals surface area contributed by atoms with E-state index >= 15 is 0 Å². The molecule has 0 N–H and O–H groups in total. The summed E-state index contributed by atoms with van der Waals surface area (Å²) in [6.45, 7) is 0. The van der Waals surface area contributed by atoms with E-state index in [2.05, 4.69) is 0 Å². The molecule has 4 nitrogen and oxygen atoms in total. The van der Waals surface area contributed by atoms with Crippen LogP contribution in [-0.4, -0.2) is 25.8 Å². The monoisotopic (exact) mass is 360 g/mol. The van der Waals surface area contributed by atoms with Crippen LogP contribution >= 0.6 is 0 Å². The summed E-state index contributed by atoms with van der Waals surface area (Å²) in [7, 11) is 3.13. The van der Waals surface area contributed by atoms with Gasteiger partial charge >= 0.3 is 0 Å². The Hall–Kier alpha value is -3.40. The van der Waals surface area contributed by atoms with Gasteiger partial charge in [0.25, 0.3) is 0 Å². The van der Waals surface area contributed by atoms with Crippen LogP contribution in [0.4, 0.5) is 0 Å². The van der Waals surface area contributed by atoms with E-state index in [0.717, 1.165) is 0 Å². The molecule has 0 bridgehead atoms. The summed E-state index contributed by atoms with van der Waals surface area (Å²) in [6.07, 6.45) is 0. The maximum absolute atomic E-state index is 13.2. The summed E-state index contributed by atoms with van der Waals surface area (Å²) in [4.78, 5) is 26.4. The summed E-state index contributed by atoms with van der Waals surface area (Å²) in [5, 5.41) is 0. The Labute approximate surface area is 158 Å². The summed E-state index contributed by atoms with van der Waals surface area (Å²) < 4.78 is 10.3. The first-order valence-corrected chi connectivity index (χ1v) is 8.55. The van der Waals surface area contributed by atoms with Gasteiger partial charge in [-0.15, -0.1) is 0 Å². The molecule has 0 atom stereocenters. The van der Waals surface area contributed by atoms with E-state index in [1.807, 2.05) is 18.2 Å². The van der Waals surface area contributed by atoms with Crippen LogP contribution in [0.15, 0.2) is 78.9 Å². The van der Waals surface area contributed by atoms with Gasteiger partial charge in [-0.05, 0) is 54.1 Å². The number of benzene rings is 3. The van der Waals surface area contributed by atoms with Crippen LogP contribution in [0, 0.1) is 0 Å². The summed E-state index contributed by atoms with van der Waals surface area (Å²) in [5.41, 5.74) is 1.59. The molecule has 0 saturated carbocycles. The summed E-state index contributed by atoms with van der Waals surface area (Å²) in [6, 6.07) is 22.7. The third-order valence-corrected chi connectivity index (χ3v) is 4.41. The van der Waals surface area contributed by atoms with Crippen LogP contribution in [0.3, 0.4) is 0 Å². The molecule has 4 heteroatoms. The minimum atomic E-state index is -0.909. The lowest BCUT2D eigenvalue weighted by Crippen LogP contribution is -2.22. The molecule has 0 aliphatic rings. The Kier molecular flexibility index (Phi) is 5.67. The Morgan fingerprint density at radius 3 is 1.41 bits per heavy atom. The second kappa shape index (κ2) is 8.32. The van der Waals surface area contributed by atoms with Crippen molar-refractivity contribution >= 4 is 11.6 Å². The zero-order chi connectivity index (χ0) is 19.2. The highest BCUT2D eigenvalue weighted by Gasteiger charge is 2.30. The lowest BCUT2D eigenvalue weighted by atomic mass is 9.84. The van der Waals surface area contributed by atoms with Crippen molar-refractivity contribution < 1.29 is 19.1 Å². The maximum Gasteiger partial charge on any atom is 0.178 e. The molecule has 0 heterocycles. The zero-order valence-corrected chi connectivity index (χ0v) is 15.2. The maximum atomic E-state index is 13.2. The molecule has 0 amide bonds. The summed E-state index contributed by atoms with van der Waals surface area (Å²) >= 11 is 0. The first-order valence-electron chi connectivity index (χ1n) is 8.55. The van der Waals surface area contributed by atoms with Gasteiger partial charge in [-0.2, -0.15) is 0 Å². The van der Waals surface area contributed by atoms with E-state index in [-0.39, 0.29) is 11.6 Å². The molecule has 136 valence electrons. The number of carbonyl (C=O) groups excluding carboxylic acids is 2. The zero-order valence-electron chi connectivity index (χ0n) is 15.2. The standard InChI is InChI=1S/C23H20O4/c1-26-19-12-8-17(9-13-19)22(24)21(16-6-4-3-5-7-16)23(25)18-10-14-20(27-2)15-11-18/h3-15,21H,1-2H3. The Bertz CT molecular complexity index is 853. The molecule has 3 rings (SSSR count). The minimum absolute atomic E-state index is 0.246. The molecule has 3 aromatic carbocycles. The lowest BCUT2D eigenvalue weighted by Gasteiger charge is -2.16. The smallest absolute Gasteiger partial charge is 0.178 e. The predicted molar refractivity (Wildman–Crippen MR) is 104 cm³/mol. The van der Waals surface area contributed by atoms with E-state index in [1.165, 1.54) is 0 Å². The van der Waals surface area contributed by atoms with Crippen molar-refractivity contribution in [2.45, 2.75) is 5.92 Å². The number of ether oxygens (including phenoxy) is 2. The van der Waals surface area contributed by atoms with E-state index < -0.39 is 5.92 Å². The molecule has 0 aliphatic heterocycles. The highest BCUT2D eigenvalue weighted by atomic mass is 16.5. The second-order valence-electron chi connectivity index (χ2n) is 6.03. The van der Waals surface area contributed by atoms with Crippen molar-refractivity contribution in [3.05, 3.63) is 95.6 Å². The van der Waals surface area contributed by atoms with Crippen LogP contribution in [-0.2, 0) is 0 Å². The Balaban J connectivity index is 1.99. The van der Waals surface area contributed by atoms with Gasteiger partial charge in [-0.3, -0.25) is 9.59 Å². The van der Waals surface area contributed by atoms with E-state index in [0.29, 0.717) is 28.2 Å². The topological polar surface area (TPSA) is 52.6 Å². The van der Waals surface area contributed by atoms with Crippen molar-refractivity contribution in [1.29, 1.82) is 0 Å². The summed E-state index contributed by atoms with van der Waals surface area (Å²) in [5.74, 6) is -0.0871. The van der Waals surface area contributed by atoms with E-state index in [1.54, 1.807) is 74.9 Å². The fourth-order valence-electron chi connectivity index (χ4n) is 2.91. The normalized spacial score (nSPS) is 10.5. The van der Waals surface area contributed by atoms with Crippen molar-refractivity contribution in [2.75, 3.05) is 14.2 Å². The number of ketones is 2. The first kappa shape index (κ1) is 18.4. The Morgan fingerprint density at radius 2 is 1.04 bits per heavy atom. The molecular formula is C23H20O4.